The van der Waals surface area contributed by atoms with Gasteiger partial charge in [0.25, 0.3) is 0 Å². The summed E-state index contributed by atoms with van der Waals surface area (Å²) < 4.78 is 0. The maximum absolute atomic E-state index is 11.7. The fourth-order valence-corrected chi connectivity index (χ4v) is 1.76. The zero-order chi connectivity index (χ0) is 14.5. The van der Waals surface area contributed by atoms with Crippen LogP contribution >= 0.6 is 11.6 Å². The van der Waals surface area contributed by atoms with Gasteiger partial charge in [-0.2, -0.15) is 0 Å². The molecular formula is C15H22ClNO2. The van der Waals surface area contributed by atoms with E-state index in [2.05, 4.69) is 5.32 Å². The smallest absolute Gasteiger partial charge is 0.224 e. The maximum Gasteiger partial charge on any atom is 0.224 e. The lowest BCUT2D eigenvalue weighted by Gasteiger charge is -2.25. The van der Waals surface area contributed by atoms with Crippen LogP contribution in [0.2, 0.25) is 5.02 Å². The third-order valence-electron chi connectivity index (χ3n) is 3.02. The molecule has 0 aliphatic heterocycles. The summed E-state index contributed by atoms with van der Waals surface area (Å²) in [6.07, 6.45) is 0.488. The second kappa shape index (κ2) is 6.92. The molecule has 3 nitrogen and oxygen atoms in total. The van der Waals surface area contributed by atoms with Crippen LogP contribution in [-0.4, -0.2) is 23.7 Å². The molecule has 1 aromatic rings. The van der Waals surface area contributed by atoms with Crippen molar-refractivity contribution < 1.29 is 9.90 Å². The number of aliphatic hydroxyl groups excluding tert-OH is 1. The third-order valence-corrected chi connectivity index (χ3v) is 3.27. The van der Waals surface area contributed by atoms with E-state index in [-0.39, 0.29) is 11.3 Å². The molecule has 4 heteroatoms. The molecule has 0 aliphatic rings. The number of benzene rings is 1. The number of halogens is 1. The van der Waals surface area contributed by atoms with Gasteiger partial charge in [-0.25, -0.2) is 0 Å². The molecule has 1 atom stereocenters. The van der Waals surface area contributed by atoms with E-state index < -0.39 is 6.10 Å². The van der Waals surface area contributed by atoms with Crippen LogP contribution in [0, 0.1) is 5.41 Å². The molecule has 0 radical (unpaired) electrons. The first-order chi connectivity index (χ1) is 8.79. The van der Waals surface area contributed by atoms with Gasteiger partial charge in [0.15, 0.2) is 0 Å². The first-order valence-electron chi connectivity index (χ1n) is 6.48. The van der Waals surface area contributed by atoms with Gasteiger partial charge in [-0.1, -0.05) is 44.5 Å². The number of nitrogens with one attached hydrogen (secondary N) is 1. The van der Waals surface area contributed by atoms with Gasteiger partial charge < -0.3 is 10.4 Å². The van der Waals surface area contributed by atoms with Gasteiger partial charge in [-0.3, -0.25) is 4.79 Å². The Balaban J connectivity index is 2.31. The van der Waals surface area contributed by atoms with Crippen LogP contribution in [-0.2, 0) is 11.2 Å². The minimum absolute atomic E-state index is 0.0385. The fourth-order valence-electron chi connectivity index (χ4n) is 1.63. The van der Waals surface area contributed by atoms with E-state index in [1.807, 2.05) is 32.9 Å². The normalized spacial score (nSPS) is 13.1. The molecule has 19 heavy (non-hydrogen) atoms. The van der Waals surface area contributed by atoms with E-state index in [0.29, 0.717) is 24.4 Å². The Labute approximate surface area is 120 Å². The van der Waals surface area contributed by atoms with Crippen molar-refractivity contribution >= 4 is 17.5 Å². The summed E-state index contributed by atoms with van der Waals surface area (Å²) in [5.41, 5.74) is 0.777. The summed E-state index contributed by atoms with van der Waals surface area (Å²) in [6, 6.07) is 7.22. The highest BCUT2D eigenvalue weighted by Gasteiger charge is 2.21. The molecule has 0 aliphatic carbocycles. The van der Waals surface area contributed by atoms with Crippen LogP contribution in [0.15, 0.2) is 24.3 Å². The lowest BCUT2D eigenvalue weighted by atomic mass is 9.87. The van der Waals surface area contributed by atoms with E-state index in [1.54, 1.807) is 12.1 Å². The van der Waals surface area contributed by atoms with Crippen molar-refractivity contribution in [1.82, 2.24) is 5.32 Å². The molecule has 0 unspecified atom stereocenters. The summed E-state index contributed by atoms with van der Waals surface area (Å²) in [6.45, 7) is 6.43. The van der Waals surface area contributed by atoms with Gasteiger partial charge in [0.2, 0.25) is 5.91 Å². The van der Waals surface area contributed by atoms with Crippen LogP contribution in [0.25, 0.3) is 0 Å². The van der Waals surface area contributed by atoms with Crippen molar-refractivity contribution in [1.29, 1.82) is 0 Å². The van der Waals surface area contributed by atoms with E-state index in [0.717, 1.165) is 5.56 Å². The van der Waals surface area contributed by atoms with Crippen molar-refractivity contribution in [2.24, 2.45) is 5.41 Å². The van der Waals surface area contributed by atoms with Crippen molar-refractivity contribution in [3.05, 3.63) is 34.9 Å². The monoisotopic (exact) mass is 283 g/mol. The zero-order valence-corrected chi connectivity index (χ0v) is 12.5. The molecule has 0 saturated heterocycles. The van der Waals surface area contributed by atoms with E-state index in [9.17, 15) is 9.90 Å². The molecule has 0 aromatic heterocycles. The Kier molecular flexibility index (Phi) is 5.83. The number of rotatable bonds is 5. The second-order valence-electron chi connectivity index (χ2n) is 5.82. The number of hydrogen-bond acceptors (Lipinski definition) is 2. The van der Waals surface area contributed by atoms with Gasteiger partial charge in [-0.05, 0) is 29.5 Å². The predicted molar refractivity (Wildman–Crippen MR) is 78.2 cm³/mol. The molecule has 0 fully saturated rings. The Hall–Kier alpha value is -1.06. The first kappa shape index (κ1) is 16.0. The van der Waals surface area contributed by atoms with Crippen LogP contribution in [0.4, 0.5) is 0 Å². The molecule has 1 aromatic carbocycles. The molecule has 0 spiro atoms. The fraction of sp³-hybridized carbons (Fsp3) is 0.533. The van der Waals surface area contributed by atoms with Crippen molar-refractivity contribution in [3.63, 3.8) is 0 Å². The van der Waals surface area contributed by atoms with E-state index >= 15 is 0 Å². The topological polar surface area (TPSA) is 49.3 Å². The van der Waals surface area contributed by atoms with Gasteiger partial charge in [0, 0.05) is 11.6 Å². The molecule has 2 N–H and O–H groups in total. The summed E-state index contributed by atoms with van der Waals surface area (Å²) in [4.78, 5) is 11.7. The van der Waals surface area contributed by atoms with Crippen LogP contribution < -0.4 is 5.32 Å². The summed E-state index contributed by atoms with van der Waals surface area (Å²) in [5, 5.41) is 13.3. The number of carbonyl (C=O) groups excluding carboxylic acids is 1. The molecule has 0 saturated carbocycles. The average molecular weight is 284 g/mol. The number of carbonyl (C=O) groups is 1. The van der Waals surface area contributed by atoms with E-state index in [1.165, 1.54) is 0 Å². The van der Waals surface area contributed by atoms with Crippen LogP contribution in [0.1, 0.15) is 32.8 Å². The largest absolute Gasteiger partial charge is 0.393 e. The Bertz CT molecular complexity index is 409. The highest BCUT2D eigenvalue weighted by molar-refractivity contribution is 6.30. The maximum atomic E-state index is 11.7. The highest BCUT2D eigenvalue weighted by Crippen LogP contribution is 2.20. The summed E-state index contributed by atoms with van der Waals surface area (Å²) in [7, 11) is 0. The quantitative estimate of drug-likeness (QED) is 0.873. The predicted octanol–water partition coefficient (Wildman–Crippen LogP) is 2.80. The summed E-state index contributed by atoms with van der Waals surface area (Å²) in [5.74, 6) is -0.0385. The first-order valence-corrected chi connectivity index (χ1v) is 6.86. The van der Waals surface area contributed by atoms with Gasteiger partial charge in [-0.15, -0.1) is 0 Å². The van der Waals surface area contributed by atoms with Crippen LogP contribution in [0.5, 0.6) is 0 Å². The summed E-state index contributed by atoms with van der Waals surface area (Å²) >= 11 is 5.78. The average Bonchev–Trinajstić information content (AvgIpc) is 2.31. The zero-order valence-electron chi connectivity index (χ0n) is 11.7. The lowest BCUT2D eigenvalue weighted by molar-refractivity contribution is -0.120. The van der Waals surface area contributed by atoms with Gasteiger partial charge in [0.05, 0.1) is 12.5 Å². The van der Waals surface area contributed by atoms with Crippen LogP contribution in [0.3, 0.4) is 0 Å². The van der Waals surface area contributed by atoms with Crippen molar-refractivity contribution in [2.75, 3.05) is 6.54 Å². The highest BCUT2D eigenvalue weighted by atomic mass is 35.5. The van der Waals surface area contributed by atoms with E-state index in [4.69, 9.17) is 11.6 Å². The standard InChI is InChI=1S/C15H22ClNO2/c1-15(2,3)13(18)8-9-17-14(19)10-11-4-6-12(16)7-5-11/h4-7,13,18H,8-10H2,1-3H3,(H,17,19)/t13-/m0/s1. The molecule has 106 valence electrons. The molecular weight excluding hydrogens is 262 g/mol. The molecule has 0 bridgehead atoms. The Morgan fingerprint density at radius 1 is 1.32 bits per heavy atom. The number of hydrogen-bond donors (Lipinski definition) is 2. The molecule has 1 amide bonds. The lowest BCUT2D eigenvalue weighted by Crippen LogP contribution is -2.33. The Morgan fingerprint density at radius 2 is 1.89 bits per heavy atom. The Morgan fingerprint density at radius 3 is 2.42 bits per heavy atom. The molecule has 0 heterocycles. The second-order valence-corrected chi connectivity index (χ2v) is 6.26. The minimum atomic E-state index is -0.414. The minimum Gasteiger partial charge on any atom is -0.393 e. The van der Waals surface area contributed by atoms with Gasteiger partial charge in [0.1, 0.15) is 0 Å². The number of aliphatic hydroxyl groups is 1. The third kappa shape index (κ3) is 6.08. The van der Waals surface area contributed by atoms with Gasteiger partial charge >= 0.3 is 0 Å². The molecule has 1 rings (SSSR count). The number of amides is 1. The SMILES string of the molecule is CC(C)(C)[C@@H](O)CCNC(=O)Cc1ccc(Cl)cc1. The van der Waals surface area contributed by atoms with Crippen molar-refractivity contribution in [2.45, 2.75) is 39.7 Å². The van der Waals surface area contributed by atoms with Crippen molar-refractivity contribution in [3.8, 4) is 0 Å².